The molecule has 0 bridgehead atoms. The van der Waals surface area contributed by atoms with Gasteiger partial charge in [-0.05, 0) is 43.7 Å². The van der Waals surface area contributed by atoms with Crippen LogP contribution in [0.1, 0.15) is 29.6 Å². The first-order chi connectivity index (χ1) is 7.27. The molecule has 15 heavy (non-hydrogen) atoms. The lowest BCUT2D eigenvalue weighted by atomic mass is 9.96. The van der Waals surface area contributed by atoms with Crippen LogP contribution in [0.4, 0.5) is 4.39 Å². The summed E-state index contributed by atoms with van der Waals surface area (Å²) in [5, 5.41) is 3.19. The van der Waals surface area contributed by atoms with Crippen LogP contribution in [0.3, 0.4) is 0 Å². The van der Waals surface area contributed by atoms with Gasteiger partial charge in [-0.2, -0.15) is 0 Å². The zero-order valence-electron chi connectivity index (χ0n) is 8.50. The zero-order chi connectivity index (χ0) is 10.7. The van der Waals surface area contributed by atoms with Gasteiger partial charge in [-0.25, -0.2) is 4.39 Å². The highest BCUT2D eigenvalue weighted by Gasteiger charge is 2.21. The first-order valence-electron chi connectivity index (χ1n) is 5.30. The van der Waals surface area contributed by atoms with Crippen molar-refractivity contribution in [1.29, 1.82) is 0 Å². The Hall–Kier alpha value is -1.22. The molecule has 80 valence electrons. The Bertz CT molecular complexity index is 341. The average molecular weight is 207 g/mol. The molecule has 1 heterocycles. The molecule has 1 fully saturated rings. The van der Waals surface area contributed by atoms with E-state index >= 15 is 0 Å². The third-order valence-corrected chi connectivity index (χ3v) is 2.76. The number of Topliss-reactive ketones (excluding diaryl/α,β-unsaturated/α-hetero) is 1. The Balaban J connectivity index is 2.09. The Morgan fingerprint density at radius 1 is 1.27 bits per heavy atom. The van der Waals surface area contributed by atoms with Crippen molar-refractivity contribution in [2.24, 2.45) is 0 Å². The van der Waals surface area contributed by atoms with E-state index in [0.717, 1.165) is 25.8 Å². The van der Waals surface area contributed by atoms with Crippen molar-refractivity contribution < 1.29 is 9.18 Å². The number of rotatable bonds is 2. The van der Waals surface area contributed by atoms with Gasteiger partial charge in [0.05, 0.1) is 6.04 Å². The fourth-order valence-electron chi connectivity index (χ4n) is 1.89. The van der Waals surface area contributed by atoms with Crippen molar-refractivity contribution in [3.63, 3.8) is 0 Å². The molecule has 2 rings (SSSR count). The number of carbonyl (C=O) groups excluding carboxylic acids is 1. The van der Waals surface area contributed by atoms with Crippen LogP contribution in [0.25, 0.3) is 0 Å². The molecule has 0 amide bonds. The van der Waals surface area contributed by atoms with Crippen LogP contribution in [0.5, 0.6) is 0 Å². The second-order valence-electron chi connectivity index (χ2n) is 3.87. The quantitative estimate of drug-likeness (QED) is 0.753. The highest BCUT2D eigenvalue weighted by molar-refractivity contribution is 6.00. The highest BCUT2D eigenvalue weighted by atomic mass is 19.1. The standard InChI is InChI=1S/C12H14FNO/c13-10-6-4-9(5-7-10)12(15)11-3-1-2-8-14-11/h4-7,11,14H,1-3,8H2/t11-/m1/s1. The van der Waals surface area contributed by atoms with E-state index in [1.165, 1.54) is 12.1 Å². The topological polar surface area (TPSA) is 29.1 Å². The van der Waals surface area contributed by atoms with Crippen LogP contribution in [0.2, 0.25) is 0 Å². The SMILES string of the molecule is O=C(c1ccc(F)cc1)[C@H]1CCCCN1. The maximum absolute atomic E-state index is 12.7. The molecule has 2 nitrogen and oxygen atoms in total. The summed E-state index contributed by atoms with van der Waals surface area (Å²) >= 11 is 0. The minimum atomic E-state index is -0.303. The minimum Gasteiger partial charge on any atom is -0.307 e. The lowest BCUT2D eigenvalue weighted by Gasteiger charge is -2.22. The summed E-state index contributed by atoms with van der Waals surface area (Å²) in [5.41, 5.74) is 0.593. The molecule has 0 saturated carbocycles. The summed E-state index contributed by atoms with van der Waals surface area (Å²) in [4.78, 5) is 11.9. The van der Waals surface area contributed by atoms with Crippen LogP contribution < -0.4 is 5.32 Å². The number of hydrogen-bond donors (Lipinski definition) is 1. The average Bonchev–Trinajstić information content (AvgIpc) is 2.30. The molecule has 1 aliphatic rings. The van der Waals surface area contributed by atoms with E-state index in [4.69, 9.17) is 0 Å². The second-order valence-corrected chi connectivity index (χ2v) is 3.87. The summed E-state index contributed by atoms with van der Waals surface area (Å²) in [5.74, 6) is -0.224. The lowest BCUT2D eigenvalue weighted by Crippen LogP contribution is -2.40. The van der Waals surface area contributed by atoms with Gasteiger partial charge in [0.15, 0.2) is 5.78 Å². The number of benzene rings is 1. The zero-order valence-corrected chi connectivity index (χ0v) is 8.50. The molecule has 1 atom stereocenters. The summed E-state index contributed by atoms with van der Waals surface area (Å²) in [6, 6.07) is 5.68. The number of hydrogen-bond acceptors (Lipinski definition) is 2. The van der Waals surface area contributed by atoms with E-state index in [1.54, 1.807) is 12.1 Å². The van der Waals surface area contributed by atoms with E-state index in [2.05, 4.69) is 5.32 Å². The Labute approximate surface area is 88.5 Å². The van der Waals surface area contributed by atoms with E-state index in [-0.39, 0.29) is 17.6 Å². The highest BCUT2D eigenvalue weighted by Crippen LogP contribution is 2.13. The molecule has 1 aromatic rings. The maximum Gasteiger partial charge on any atom is 0.179 e. The smallest absolute Gasteiger partial charge is 0.179 e. The van der Waals surface area contributed by atoms with Crippen LogP contribution in [0, 0.1) is 5.82 Å². The third-order valence-electron chi connectivity index (χ3n) is 2.76. The fourth-order valence-corrected chi connectivity index (χ4v) is 1.89. The summed E-state index contributed by atoms with van der Waals surface area (Å²) < 4.78 is 12.7. The van der Waals surface area contributed by atoms with E-state index in [9.17, 15) is 9.18 Å². The van der Waals surface area contributed by atoms with Gasteiger partial charge >= 0.3 is 0 Å². The minimum absolute atomic E-state index is 0.0784. The van der Waals surface area contributed by atoms with E-state index < -0.39 is 0 Å². The predicted molar refractivity (Wildman–Crippen MR) is 56.4 cm³/mol. The molecule has 1 saturated heterocycles. The molecule has 1 aliphatic heterocycles. The summed E-state index contributed by atoms with van der Waals surface area (Å²) in [6.45, 7) is 0.900. The van der Waals surface area contributed by atoms with Gasteiger partial charge in [-0.1, -0.05) is 6.42 Å². The first kappa shape index (κ1) is 10.3. The van der Waals surface area contributed by atoms with Crippen LogP contribution in [-0.4, -0.2) is 18.4 Å². The van der Waals surface area contributed by atoms with Crippen molar-refractivity contribution in [3.05, 3.63) is 35.6 Å². The van der Waals surface area contributed by atoms with Crippen LogP contribution in [0.15, 0.2) is 24.3 Å². The van der Waals surface area contributed by atoms with Gasteiger partial charge in [0, 0.05) is 5.56 Å². The normalized spacial score (nSPS) is 21.3. The van der Waals surface area contributed by atoms with Crippen molar-refractivity contribution in [2.75, 3.05) is 6.54 Å². The van der Waals surface area contributed by atoms with Gasteiger partial charge < -0.3 is 5.32 Å². The predicted octanol–water partition coefficient (Wildman–Crippen LogP) is 2.15. The number of carbonyl (C=O) groups is 1. The molecule has 0 unspecified atom stereocenters. The molecule has 0 aliphatic carbocycles. The number of nitrogens with one attached hydrogen (secondary N) is 1. The van der Waals surface area contributed by atoms with Crippen LogP contribution >= 0.6 is 0 Å². The summed E-state index contributed by atoms with van der Waals surface area (Å²) in [6.07, 6.45) is 3.11. The monoisotopic (exact) mass is 207 g/mol. The Morgan fingerprint density at radius 3 is 2.60 bits per heavy atom. The van der Waals surface area contributed by atoms with E-state index in [1.807, 2.05) is 0 Å². The first-order valence-corrected chi connectivity index (χ1v) is 5.30. The lowest BCUT2D eigenvalue weighted by molar-refractivity contribution is 0.0927. The van der Waals surface area contributed by atoms with Gasteiger partial charge in [-0.3, -0.25) is 4.79 Å². The Kier molecular flexibility index (Phi) is 3.11. The fraction of sp³-hybridized carbons (Fsp3) is 0.417. The number of piperidine rings is 1. The third kappa shape index (κ3) is 2.42. The van der Waals surface area contributed by atoms with Crippen molar-refractivity contribution in [1.82, 2.24) is 5.32 Å². The van der Waals surface area contributed by atoms with Gasteiger partial charge in [0.2, 0.25) is 0 Å². The van der Waals surface area contributed by atoms with Crippen molar-refractivity contribution in [2.45, 2.75) is 25.3 Å². The number of halogens is 1. The molecule has 1 N–H and O–H groups in total. The summed E-state index contributed by atoms with van der Waals surface area (Å²) in [7, 11) is 0. The van der Waals surface area contributed by atoms with E-state index in [0.29, 0.717) is 5.56 Å². The number of ketones is 1. The van der Waals surface area contributed by atoms with Gasteiger partial charge in [-0.15, -0.1) is 0 Å². The van der Waals surface area contributed by atoms with Crippen LogP contribution in [-0.2, 0) is 0 Å². The van der Waals surface area contributed by atoms with Crippen molar-refractivity contribution in [3.8, 4) is 0 Å². The molecule has 3 heteroatoms. The largest absolute Gasteiger partial charge is 0.307 e. The molecule has 1 aromatic carbocycles. The van der Waals surface area contributed by atoms with Crippen molar-refractivity contribution >= 4 is 5.78 Å². The maximum atomic E-state index is 12.7. The van der Waals surface area contributed by atoms with Gasteiger partial charge in [0.25, 0.3) is 0 Å². The Morgan fingerprint density at radius 2 is 2.00 bits per heavy atom. The molecule has 0 spiro atoms. The molecular formula is C12H14FNO. The second kappa shape index (κ2) is 4.53. The molecular weight excluding hydrogens is 193 g/mol. The van der Waals surface area contributed by atoms with Gasteiger partial charge in [0.1, 0.15) is 5.82 Å². The molecule has 0 radical (unpaired) electrons. The molecule has 0 aromatic heterocycles.